The molecule has 7 heteroatoms. The van der Waals surface area contributed by atoms with Crippen LogP contribution in [0.1, 0.15) is 42.6 Å². The van der Waals surface area contributed by atoms with Gasteiger partial charge in [0.1, 0.15) is 0 Å². The first-order valence-corrected chi connectivity index (χ1v) is 11.2. The van der Waals surface area contributed by atoms with Crippen molar-refractivity contribution in [1.82, 2.24) is 29.9 Å². The molecule has 162 valence electrons. The highest BCUT2D eigenvalue weighted by atomic mass is 16.2. The molecule has 2 aromatic heterocycles. The number of aromatic amines is 1. The van der Waals surface area contributed by atoms with Gasteiger partial charge in [-0.2, -0.15) is 5.10 Å². The van der Waals surface area contributed by atoms with Gasteiger partial charge < -0.3 is 4.90 Å². The number of nitrogens with zero attached hydrogens (tertiary/aromatic N) is 5. The zero-order chi connectivity index (χ0) is 20.9. The molecule has 1 N–H and O–H groups in total. The molecule has 0 bridgehead atoms. The zero-order valence-electron chi connectivity index (χ0n) is 18.3. The molecule has 4 heterocycles. The molecular weight excluding hydrogens is 376 g/mol. The summed E-state index contributed by atoms with van der Waals surface area (Å²) in [6.07, 6.45) is 8.24. The fourth-order valence-electron chi connectivity index (χ4n) is 4.92. The molecular formula is C23H34N6O. The minimum Gasteiger partial charge on any atom is -0.340 e. The van der Waals surface area contributed by atoms with Crippen LogP contribution in [0.5, 0.6) is 0 Å². The van der Waals surface area contributed by atoms with Gasteiger partial charge in [-0.25, -0.2) is 0 Å². The molecule has 0 aliphatic carbocycles. The van der Waals surface area contributed by atoms with E-state index in [0.29, 0.717) is 12.6 Å². The largest absolute Gasteiger partial charge is 0.340 e. The molecule has 7 nitrogen and oxygen atoms in total. The summed E-state index contributed by atoms with van der Waals surface area (Å²) in [6, 6.07) is 6.83. The number of rotatable bonds is 6. The molecule has 0 unspecified atom stereocenters. The van der Waals surface area contributed by atoms with E-state index in [1.54, 1.807) is 0 Å². The normalized spacial score (nSPS) is 21.6. The van der Waals surface area contributed by atoms with Crippen LogP contribution in [0.25, 0.3) is 0 Å². The van der Waals surface area contributed by atoms with Crippen LogP contribution in [0, 0.1) is 12.8 Å². The number of hydrogen-bond acceptors (Lipinski definition) is 5. The fourth-order valence-corrected chi connectivity index (χ4v) is 4.92. The molecule has 2 saturated heterocycles. The number of piperidine rings is 2. The van der Waals surface area contributed by atoms with E-state index in [1.165, 1.54) is 18.4 Å². The number of carbonyl (C=O) groups is 1. The molecule has 1 amide bonds. The summed E-state index contributed by atoms with van der Waals surface area (Å²) in [4.78, 5) is 24.1. The van der Waals surface area contributed by atoms with Gasteiger partial charge in [-0.15, -0.1) is 0 Å². The van der Waals surface area contributed by atoms with Crippen molar-refractivity contribution in [2.24, 2.45) is 5.92 Å². The Morgan fingerprint density at radius 3 is 2.67 bits per heavy atom. The van der Waals surface area contributed by atoms with Gasteiger partial charge in [0.2, 0.25) is 5.91 Å². The molecule has 2 fully saturated rings. The molecule has 0 radical (unpaired) electrons. The number of aromatic nitrogens is 3. The maximum atomic E-state index is 13.0. The molecule has 0 saturated carbocycles. The van der Waals surface area contributed by atoms with Crippen LogP contribution >= 0.6 is 0 Å². The number of hydrogen-bond donors (Lipinski definition) is 1. The van der Waals surface area contributed by atoms with E-state index in [-0.39, 0.29) is 11.8 Å². The Bertz CT molecular complexity index is 814. The van der Waals surface area contributed by atoms with Crippen molar-refractivity contribution in [3.8, 4) is 0 Å². The summed E-state index contributed by atoms with van der Waals surface area (Å²) in [5, 5.41) is 7.23. The molecule has 2 aliphatic rings. The third kappa shape index (κ3) is 5.26. The smallest absolute Gasteiger partial charge is 0.227 e. The van der Waals surface area contributed by atoms with Crippen molar-refractivity contribution in [1.29, 1.82) is 0 Å². The van der Waals surface area contributed by atoms with Crippen LogP contribution in [0.3, 0.4) is 0 Å². The second-order valence-electron chi connectivity index (χ2n) is 8.93. The highest BCUT2D eigenvalue weighted by Gasteiger charge is 2.32. The minimum atomic E-state index is 0.110. The second-order valence-corrected chi connectivity index (χ2v) is 8.93. The van der Waals surface area contributed by atoms with Gasteiger partial charge in [0, 0.05) is 44.3 Å². The average molecular weight is 411 g/mol. The van der Waals surface area contributed by atoms with Gasteiger partial charge in [-0.3, -0.25) is 24.7 Å². The maximum Gasteiger partial charge on any atom is 0.227 e. The molecule has 0 spiro atoms. The van der Waals surface area contributed by atoms with E-state index >= 15 is 0 Å². The Labute approximate surface area is 179 Å². The molecule has 2 aromatic rings. The summed E-state index contributed by atoms with van der Waals surface area (Å²) in [6.45, 7) is 7.85. The van der Waals surface area contributed by atoms with Crippen LogP contribution in [0.15, 0.2) is 30.6 Å². The van der Waals surface area contributed by atoms with E-state index < -0.39 is 0 Å². The van der Waals surface area contributed by atoms with E-state index in [9.17, 15) is 4.79 Å². The van der Waals surface area contributed by atoms with Crippen LogP contribution in [-0.2, 0) is 17.9 Å². The lowest BCUT2D eigenvalue weighted by molar-refractivity contribution is -0.137. The van der Waals surface area contributed by atoms with Crippen molar-refractivity contribution >= 4 is 5.91 Å². The summed E-state index contributed by atoms with van der Waals surface area (Å²) < 4.78 is 0. The Hall–Kier alpha value is -2.25. The first kappa shape index (κ1) is 21.0. The average Bonchev–Trinajstić information content (AvgIpc) is 3.19. The molecule has 2 aliphatic heterocycles. The van der Waals surface area contributed by atoms with Gasteiger partial charge >= 0.3 is 0 Å². The Morgan fingerprint density at radius 1 is 1.20 bits per heavy atom. The van der Waals surface area contributed by atoms with Gasteiger partial charge in [-0.1, -0.05) is 0 Å². The van der Waals surface area contributed by atoms with Gasteiger partial charge in [0.25, 0.3) is 0 Å². The lowest BCUT2D eigenvalue weighted by Gasteiger charge is -2.42. The third-order valence-corrected chi connectivity index (χ3v) is 6.57. The molecule has 0 aromatic carbocycles. The third-order valence-electron chi connectivity index (χ3n) is 6.57. The lowest BCUT2D eigenvalue weighted by atomic mass is 9.92. The van der Waals surface area contributed by atoms with Crippen molar-refractivity contribution < 1.29 is 4.79 Å². The topological polar surface area (TPSA) is 68.4 Å². The zero-order valence-corrected chi connectivity index (χ0v) is 18.3. The number of H-pyrrole nitrogens is 1. The summed E-state index contributed by atoms with van der Waals surface area (Å²) in [5.41, 5.74) is 3.30. The van der Waals surface area contributed by atoms with E-state index in [4.69, 9.17) is 0 Å². The molecule has 1 atom stereocenters. The van der Waals surface area contributed by atoms with Crippen molar-refractivity contribution in [2.75, 3.05) is 33.2 Å². The van der Waals surface area contributed by atoms with Crippen LogP contribution < -0.4 is 0 Å². The highest BCUT2D eigenvalue weighted by Crippen LogP contribution is 2.25. The predicted molar refractivity (Wildman–Crippen MR) is 117 cm³/mol. The van der Waals surface area contributed by atoms with Crippen molar-refractivity contribution in [2.45, 2.75) is 51.7 Å². The number of carbonyl (C=O) groups excluding carboxylic acids is 1. The van der Waals surface area contributed by atoms with Crippen molar-refractivity contribution in [3.63, 3.8) is 0 Å². The monoisotopic (exact) mass is 410 g/mol. The van der Waals surface area contributed by atoms with E-state index in [2.05, 4.69) is 37.1 Å². The maximum absolute atomic E-state index is 13.0. The summed E-state index contributed by atoms with van der Waals surface area (Å²) >= 11 is 0. The Balaban J connectivity index is 1.26. The number of nitrogens with one attached hydrogen (secondary N) is 1. The van der Waals surface area contributed by atoms with Gasteiger partial charge in [-0.05, 0) is 76.0 Å². The minimum absolute atomic E-state index is 0.110. The number of likely N-dealkylation sites (tertiary alicyclic amines) is 2. The molecule has 4 rings (SSSR count). The standard InChI is InChI=1S/C23H34N6O/c1-18-14-21(26-25-18)17-27(2)23(30)20-4-3-11-29(16-20)22-7-12-28(13-8-22)15-19-5-9-24-10-6-19/h5-6,9-10,14,20,22H,3-4,7-8,11-13,15-17H2,1-2H3,(H,25,26)/t20-/m1/s1. The second kappa shape index (κ2) is 9.71. The SMILES string of the molecule is Cc1cc(CN(C)C(=O)[C@@H]2CCCN(C3CCN(Cc4ccncc4)CC3)C2)n[nH]1. The number of pyridine rings is 1. The Kier molecular flexibility index (Phi) is 6.79. The highest BCUT2D eigenvalue weighted by molar-refractivity contribution is 5.78. The number of aryl methyl sites for hydroxylation is 1. The van der Waals surface area contributed by atoms with Crippen LogP contribution in [-0.4, -0.2) is 75.1 Å². The molecule has 30 heavy (non-hydrogen) atoms. The summed E-state index contributed by atoms with van der Waals surface area (Å²) in [5.74, 6) is 0.370. The first-order valence-electron chi connectivity index (χ1n) is 11.2. The van der Waals surface area contributed by atoms with Gasteiger partial charge in [0.05, 0.1) is 18.2 Å². The van der Waals surface area contributed by atoms with E-state index in [1.807, 2.05) is 37.3 Å². The van der Waals surface area contributed by atoms with E-state index in [0.717, 1.165) is 57.0 Å². The fraction of sp³-hybridized carbons (Fsp3) is 0.609. The number of amides is 1. The predicted octanol–water partition coefficient (Wildman–Crippen LogP) is 2.45. The van der Waals surface area contributed by atoms with Crippen molar-refractivity contribution in [3.05, 3.63) is 47.5 Å². The van der Waals surface area contributed by atoms with Gasteiger partial charge in [0.15, 0.2) is 0 Å². The first-order chi connectivity index (χ1) is 14.6. The lowest BCUT2D eigenvalue weighted by Crippen LogP contribution is -2.50. The quantitative estimate of drug-likeness (QED) is 0.792. The van der Waals surface area contributed by atoms with Crippen LogP contribution in [0.4, 0.5) is 0 Å². The summed E-state index contributed by atoms with van der Waals surface area (Å²) in [7, 11) is 1.91. The van der Waals surface area contributed by atoms with Crippen LogP contribution in [0.2, 0.25) is 0 Å². The Morgan fingerprint density at radius 2 is 1.97 bits per heavy atom.